The average Bonchev–Trinajstić information content (AvgIpc) is 3.31. The van der Waals surface area contributed by atoms with Gasteiger partial charge in [-0.05, 0) is 68.0 Å². The van der Waals surface area contributed by atoms with E-state index >= 15 is 0 Å². The average molecular weight is 532 g/mol. The van der Waals surface area contributed by atoms with Crippen molar-refractivity contribution < 1.29 is 14.4 Å². The molecule has 0 radical (unpaired) electrons. The number of hydrogen-bond donors (Lipinski definition) is 2. The van der Waals surface area contributed by atoms with Gasteiger partial charge in [0, 0.05) is 26.0 Å². The first-order chi connectivity index (χ1) is 18.5. The van der Waals surface area contributed by atoms with Gasteiger partial charge in [-0.25, -0.2) is 9.78 Å². The van der Waals surface area contributed by atoms with Crippen molar-refractivity contribution in [3.63, 3.8) is 0 Å². The van der Waals surface area contributed by atoms with Gasteiger partial charge in [0.15, 0.2) is 0 Å². The number of likely N-dealkylation sites (N-methyl/N-ethyl adjacent to an activating group) is 1. The number of carbonyl (C=O) groups excluding carboxylic acids is 3. The van der Waals surface area contributed by atoms with Crippen LogP contribution in [-0.2, 0) is 23.1 Å². The van der Waals surface area contributed by atoms with Crippen molar-refractivity contribution in [1.82, 2.24) is 25.0 Å². The van der Waals surface area contributed by atoms with Gasteiger partial charge in [-0.3, -0.25) is 19.2 Å². The Morgan fingerprint density at radius 2 is 1.95 bits per heavy atom. The summed E-state index contributed by atoms with van der Waals surface area (Å²) in [5.41, 5.74) is 11.2. The Kier molecular flexibility index (Phi) is 8.03. The predicted molar refractivity (Wildman–Crippen MR) is 150 cm³/mol. The van der Waals surface area contributed by atoms with Gasteiger partial charge in [0.2, 0.25) is 5.91 Å². The van der Waals surface area contributed by atoms with Gasteiger partial charge in [-0.1, -0.05) is 31.5 Å². The van der Waals surface area contributed by atoms with Crippen LogP contribution in [0.15, 0.2) is 42.7 Å². The second kappa shape index (κ2) is 11.3. The molecule has 0 saturated carbocycles. The molecule has 10 nitrogen and oxygen atoms in total. The predicted octanol–water partition coefficient (Wildman–Crippen LogP) is 3.61. The number of anilines is 2. The molecule has 3 N–H and O–H groups in total. The van der Waals surface area contributed by atoms with Gasteiger partial charge in [0.05, 0.1) is 23.8 Å². The van der Waals surface area contributed by atoms with Crippen molar-refractivity contribution in [2.75, 3.05) is 17.7 Å². The molecule has 3 heterocycles. The molecule has 39 heavy (non-hydrogen) atoms. The van der Waals surface area contributed by atoms with Crippen molar-refractivity contribution in [3.8, 4) is 0 Å². The summed E-state index contributed by atoms with van der Waals surface area (Å²) >= 11 is 0. The van der Waals surface area contributed by atoms with Crippen molar-refractivity contribution in [1.29, 1.82) is 0 Å². The highest BCUT2D eigenvalue weighted by atomic mass is 16.2. The second-order valence-electron chi connectivity index (χ2n) is 10.4. The molecule has 0 unspecified atom stereocenters. The van der Waals surface area contributed by atoms with Crippen LogP contribution in [0, 0.1) is 26.7 Å². The molecule has 1 aliphatic rings. The molecule has 1 fully saturated rings. The maximum atomic E-state index is 13.8. The van der Waals surface area contributed by atoms with E-state index in [-0.39, 0.29) is 18.4 Å². The van der Waals surface area contributed by atoms with Gasteiger partial charge in [-0.2, -0.15) is 5.10 Å². The van der Waals surface area contributed by atoms with Gasteiger partial charge < -0.3 is 16.0 Å². The van der Waals surface area contributed by atoms with E-state index in [9.17, 15) is 14.4 Å². The minimum absolute atomic E-state index is 0.267. The van der Waals surface area contributed by atoms with E-state index in [1.54, 1.807) is 37.2 Å². The van der Waals surface area contributed by atoms with Gasteiger partial charge in [0.1, 0.15) is 11.9 Å². The van der Waals surface area contributed by atoms with Crippen molar-refractivity contribution in [2.24, 2.45) is 13.0 Å². The van der Waals surface area contributed by atoms with Crippen LogP contribution >= 0.6 is 0 Å². The Hall–Kier alpha value is -4.21. The maximum absolute atomic E-state index is 13.8. The zero-order chi connectivity index (χ0) is 28.4. The fourth-order valence-electron chi connectivity index (χ4n) is 5.27. The number of imide groups is 1. The lowest BCUT2D eigenvalue weighted by atomic mass is 9.81. The molecule has 1 saturated heterocycles. The SMILES string of the molecule is CCC[C@@H](NC(=O)N1C(=O)[C@H](Cc2cc(C)nc(N)c2)[C@H]1C(=O)N(C)c1cnn(C)c1)c1cccc(C)c1C. The van der Waals surface area contributed by atoms with Crippen molar-refractivity contribution >= 4 is 29.4 Å². The topological polar surface area (TPSA) is 126 Å². The van der Waals surface area contributed by atoms with Gasteiger partial charge >= 0.3 is 6.03 Å². The van der Waals surface area contributed by atoms with E-state index < -0.39 is 23.9 Å². The molecule has 2 aromatic heterocycles. The highest BCUT2D eigenvalue weighted by Gasteiger charge is 2.55. The molecule has 10 heteroatoms. The minimum atomic E-state index is -0.974. The Labute approximate surface area is 229 Å². The van der Waals surface area contributed by atoms with Crippen molar-refractivity contribution in [3.05, 3.63) is 70.7 Å². The van der Waals surface area contributed by atoms with Crippen LogP contribution in [0.3, 0.4) is 0 Å². The monoisotopic (exact) mass is 531 g/mol. The Bertz CT molecular complexity index is 1380. The van der Waals surface area contributed by atoms with Gasteiger partial charge in [-0.15, -0.1) is 0 Å². The Morgan fingerprint density at radius 1 is 1.21 bits per heavy atom. The Balaban J connectivity index is 1.64. The third kappa shape index (κ3) is 5.64. The number of carbonyl (C=O) groups is 3. The number of aromatic nitrogens is 3. The molecule has 1 aliphatic heterocycles. The summed E-state index contributed by atoms with van der Waals surface area (Å²) in [7, 11) is 3.38. The molecular formula is C29H37N7O3. The molecule has 0 bridgehead atoms. The minimum Gasteiger partial charge on any atom is -0.384 e. The van der Waals surface area contributed by atoms with Crippen LogP contribution in [0.25, 0.3) is 0 Å². The summed E-state index contributed by atoms with van der Waals surface area (Å²) in [4.78, 5) is 47.6. The molecule has 0 spiro atoms. The summed E-state index contributed by atoms with van der Waals surface area (Å²) in [6, 6.07) is 7.71. The number of nitrogens with one attached hydrogen (secondary N) is 1. The fourth-order valence-corrected chi connectivity index (χ4v) is 5.27. The highest BCUT2D eigenvalue weighted by Crippen LogP contribution is 2.34. The molecule has 0 aliphatic carbocycles. The largest absolute Gasteiger partial charge is 0.384 e. The number of hydrogen-bond acceptors (Lipinski definition) is 6. The number of nitrogen functional groups attached to an aromatic ring is 1. The first-order valence-electron chi connectivity index (χ1n) is 13.2. The normalized spacial score (nSPS) is 17.5. The molecule has 4 amide bonds. The third-order valence-corrected chi connectivity index (χ3v) is 7.48. The number of urea groups is 1. The summed E-state index contributed by atoms with van der Waals surface area (Å²) in [6.07, 6.45) is 5.09. The number of pyridine rings is 1. The molecule has 206 valence electrons. The van der Waals surface area contributed by atoms with E-state index in [1.165, 1.54) is 4.90 Å². The van der Waals surface area contributed by atoms with E-state index in [0.29, 0.717) is 17.9 Å². The smallest absolute Gasteiger partial charge is 0.325 e. The summed E-state index contributed by atoms with van der Waals surface area (Å²) < 4.78 is 1.59. The van der Waals surface area contributed by atoms with Crippen LogP contribution in [0.4, 0.5) is 16.3 Å². The zero-order valence-electron chi connectivity index (χ0n) is 23.4. The van der Waals surface area contributed by atoms with Gasteiger partial charge in [0.25, 0.3) is 5.91 Å². The first kappa shape index (κ1) is 27.8. The van der Waals surface area contributed by atoms with Crippen LogP contribution in [0.1, 0.15) is 53.8 Å². The zero-order valence-corrected chi connectivity index (χ0v) is 23.4. The third-order valence-electron chi connectivity index (χ3n) is 7.48. The van der Waals surface area contributed by atoms with E-state index in [2.05, 4.69) is 15.4 Å². The van der Waals surface area contributed by atoms with E-state index in [1.807, 2.05) is 52.0 Å². The molecule has 3 aromatic rings. The van der Waals surface area contributed by atoms with Crippen molar-refractivity contribution in [2.45, 2.75) is 59.0 Å². The quantitative estimate of drug-likeness (QED) is 0.428. The van der Waals surface area contributed by atoms with Crippen LogP contribution in [0.5, 0.6) is 0 Å². The number of nitrogens with zero attached hydrogens (tertiary/aromatic N) is 5. The number of likely N-dealkylation sites (tertiary alicyclic amines) is 1. The Morgan fingerprint density at radius 3 is 2.59 bits per heavy atom. The highest BCUT2D eigenvalue weighted by molar-refractivity contribution is 6.12. The number of rotatable bonds is 8. The second-order valence-corrected chi connectivity index (χ2v) is 10.4. The number of amides is 4. The summed E-state index contributed by atoms with van der Waals surface area (Å²) in [6.45, 7) is 7.93. The number of benzene rings is 1. The van der Waals surface area contributed by atoms with E-state index in [0.717, 1.165) is 39.3 Å². The lowest BCUT2D eigenvalue weighted by Crippen LogP contribution is -2.70. The molecule has 3 atom stereocenters. The lowest BCUT2D eigenvalue weighted by molar-refractivity contribution is -0.156. The standard InChI is InChI=1S/C29H37N7O3/c1-7-9-24(22-11-8-10-17(2)19(22)4)33-29(39)36-26(28(38)35(6)21-15-31-34(5)16-21)23(27(36)37)13-20-12-18(3)32-25(30)14-20/h8,10-12,14-16,23-24,26H,7,9,13H2,1-6H3,(H2,30,32)(H,33,39)/t23-,24-,26+/m1/s1. The van der Waals surface area contributed by atoms with Crippen LogP contribution in [0.2, 0.25) is 0 Å². The molecule has 1 aromatic carbocycles. The van der Waals surface area contributed by atoms with Crippen LogP contribution in [-0.4, -0.2) is 50.6 Å². The first-order valence-corrected chi connectivity index (χ1v) is 13.2. The van der Waals surface area contributed by atoms with E-state index in [4.69, 9.17) is 5.73 Å². The molecule has 4 rings (SSSR count). The number of β-lactam (4-membered cyclic amide) rings is 1. The summed E-state index contributed by atoms with van der Waals surface area (Å²) in [5, 5.41) is 7.20. The maximum Gasteiger partial charge on any atom is 0.325 e. The number of nitrogens with two attached hydrogens (primary N) is 1. The molecular weight excluding hydrogens is 494 g/mol. The summed E-state index contributed by atoms with van der Waals surface area (Å²) in [5.74, 6) is -1.12. The van der Waals surface area contributed by atoms with Crippen LogP contribution < -0.4 is 16.0 Å². The fraction of sp³-hybridized carbons (Fsp3) is 0.414. The number of aryl methyl sites for hydroxylation is 3. The lowest BCUT2D eigenvalue weighted by Gasteiger charge is -2.46.